The van der Waals surface area contributed by atoms with Gasteiger partial charge in [0.15, 0.2) is 11.5 Å². The van der Waals surface area contributed by atoms with Crippen molar-refractivity contribution in [3.8, 4) is 11.5 Å². The number of phenols is 1. The summed E-state index contributed by atoms with van der Waals surface area (Å²) in [6, 6.07) is 3.51. The van der Waals surface area contributed by atoms with Gasteiger partial charge >= 0.3 is 0 Å². The van der Waals surface area contributed by atoms with Crippen LogP contribution in [0, 0.1) is 0 Å². The highest BCUT2D eigenvalue weighted by Crippen LogP contribution is 2.36. The van der Waals surface area contributed by atoms with Gasteiger partial charge in [-0.2, -0.15) is 0 Å². The third kappa shape index (κ3) is 2.73. The quantitative estimate of drug-likeness (QED) is 0.885. The number of phenolic OH excluding ortho intramolecular Hbond substituents is 1. The van der Waals surface area contributed by atoms with E-state index in [0.717, 1.165) is 11.1 Å². The second-order valence-electron chi connectivity index (χ2n) is 3.05. The first-order valence-corrected chi connectivity index (χ1v) is 5.43. The minimum Gasteiger partial charge on any atom is -0.503 e. The predicted molar refractivity (Wildman–Crippen MR) is 65.1 cm³/mol. The maximum Gasteiger partial charge on any atom is 0.172 e. The first-order chi connectivity index (χ1) is 7.10. The van der Waals surface area contributed by atoms with E-state index in [1.54, 1.807) is 12.1 Å². The lowest BCUT2D eigenvalue weighted by atomic mass is 10.1. The van der Waals surface area contributed by atoms with Gasteiger partial charge in [-0.15, -0.1) is 0 Å². The summed E-state index contributed by atoms with van der Waals surface area (Å²) >= 11 is 3.25. The monoisotopic (exact) mass is 271 g/mol. The van der Waals surface area contributed by atoms with Gasteiger partial charge in [-0.25, -0.2) is 0 Å². The van der Waals surface area contributed by atoms with Crippen molar-refractivity contribution in [2.24, 2.45) is 5.73 Å². The number of benzene rings is 1. The highest BCUT2D eigenvalue weighted by molar-refractivity contribution is 9.10. The molecule has 0 spiro atoms. The van der Waals surface area contributed by atoms with E-state index in [2.05, 4.69) is 22.5 Å². The number of hydrogen-bond donors (Lipinski definition) is 2. The number of nitrogens with two attached hydrogens (primary N) is 1. The molecule has 0 atom stereocenters. The van der Waals surface area contributed by atoms with Crippen LogP contribution >= 0.6 is 15.9 Å². The second-order valence-corrected chi connectivity index (χ2v) is 3.90. The topological polar surface area (TPSA) is 55.5 Å². The number of ether oxygens (including phenoxy) is 1. The average molecular weight is 272 g/mol. The molecule has 15 heavy (non-hydrogen) atoms. The molecule has 1 aromatic rings. The molecular formula is C11H14BrNO2. The Morgan fingerprint density at radius 3 is 2.80 bits per heavy atom. The molecule has 0 bridgehead atoms. The molecule has 1 rings (SSSR count). The van der Waals surface area contributed by atoms with Crippen LogP contribution in [-0.2, 0) is 0 Å². The zero-order valence-corrected chi connectivity index (χ0v) is 10.2. The standard InChI is InChI=1S/C11H14BrNO2/c1-3-15-10-5-8(7(2)6-13)4-9(12)11(10)14/h4-5,14H,2-3,6,13H2,1H3. The molecule has 1 aromatic carbocycles. The molecule has 0 saturated heterocycles. The molecule has 0 aliphatic carbocycles. The van der Waals surface area contributed by atoms with Crippen LogP contribution in [0.2, 0.25) is 0 Å². The molecule has 0 radical (unpaired) electrons. The molecule has 0 aliphatic heterocycles. The highest BCUT2D eigenvalue weighted by Gasteiger charge is 2.10. The minimum absolute atomic E-state index is 0.102. The van der Waals surface area contributed by atoms with Gasteiger partial charge in [0.2, 0.25) is 0 Å². The summed E-state index contributed by atoms with van der Waals surface area (Å²) in [6.45, 7) is 6.57. The van der Waals surface area contributed by atoms with Crippen molar-refractivity contribution in [2.45, 2.75) is 6.92 Å². The SMILES string of the molecule is C=C(CN)c1cc(Br)c(O)c(OCC)c1. The van der Waals surface area contributed by atoms with Crippen LogP contribution in [0.25, 0.3) is 5.57 Å². The maximum atomic E-state index is 9.67. The molecule has 3 N–H and O–H groups in total. The molecule has 0 aliphatic rings. The number of rotatable bonds is 4. The Bertz CT molecular complexity index is 377. The fourth-order valence-corrected chi connectivity index (χ4v) is 1.60. The minimum atomic E-state index is 0.102. The van der Waals surface area contributed by atoms with Crippen molar-refractivity contribution < 1.29 is 9.84 Å². The average Bonchev–Trinajstić information content (AvgIpc) is 2.23. The molecule has 0 heterocycles. The molecular weight excluding hydrogens is 258 g/mol. The van der Waals surface area contributed by atoms with E-state index in [1.165, 1.54) is 0 Å². The van der Waals surface area contributed by atoms with Crippen molar-refractivity contribution in [3.63, 3.8) is 0 Å². The summed E-state index contributed by atoms with van der Waals surface area (Å²) in [4.78, 5) is 0. The molecule has 0 aromatic heterocycles. The predicted octanol–water partition coefficient (Wildman–Crippen LogP) is 2.53. The van der Waals surface area contributed by atoms with Crippen LogP contribution < -0.4 is 10.5 Å². The van der Waals surface area contributed by atoms with Crippen LogP contribution in [-0.4, -0.2) is 18.3 Å². The Balaban J connectivity index is 3.16. The zero-order chi connectivity index (χ0) is 11.4. The number of halogens is 1. The Kier molecular flexibility index (Phi) is 4.17. The molecule has 4 heteroatoms. The normalized spacial score (nSPS) is 10.1. The Labute approximate surface area is 97.7 Å². The summed E-state index contributed by atoms with van der Waals surface area (Å²) < 4.78 is 5.87. The maximum absolute atomic E-state index is 9.67. The van der Waals surface area contributed by atoms with Crippen molar-refractivity contribution in [2.75, 3.05) is 13.2 Å². The fourth-order valence-electron chi connectivity index (χ4n) is 1.16. The van der Waals surface area contributed by atoms with Crippen LogP contribution in [0.4, 0.5) is 0 Å². The van der Waals surface area contributed by atoms with E-state index in [0.29, 0.717) is 23.4 Å². The summed E-state index contributed by atoms with van der Waals surface area (Å²) in [6.07, 6.45) is 0. The van der Waals surface area contributed by atoms with E-state index < -0.39 is 0 Å². The lowest BCUT2D eigenvalue weighted by molar-refractivity contribution is 0.317. The first kappa shape index (κ1) is 12.1. The largest absolute Gasteiger partial charge is 0.503 e. The zero-order valence-electron chi connectivity index (χ0n) is 8.59. The lowest BCUT2D eigenvalue weighted by Gasteiger charge is -2.11. The van der Waals surface area contributed by atoms with Gasteiger partial charge in [-0.3, -0.25) is 0 Å². The van der Waals surface area contributed by atoms with Gasteiger partial charge in [0.1, 0.15) is 0 Å². The highest BCUT2D eigenvalue weighted by atomic mass is 79.9. The van der Waals surface area contributed by atoms with E-state index in [9.17, 15) is 5.11 Å². The number of hydrogen-bond acceptors (Lipinski definition) is 3. The Morgan fingerprint density at radius 1 is 1.60 bits per heavy atom. The van der Waals surface area contributed by atoms with Gasteiger partial charge < -0.3 is 15.6 Å². The van der Waals surface area contributed by atoms with Crippen LogP contribution in [0.3, 0.4) is 0 Å². The van der Waals surface area contributed by atoms with Crippen molar-refractivity contribution in [1.82, 2.24) is 0 Å². The van der Waals surface area contributed by atoms with Crippen molar-refractivity contribution >= 4 is 21.5 Å². The number of aromatic hydroxyl groups is 1. The Hall–Kier alpha value is -1.00. The van der Waals surface area contributed by atoms with E-state index in [1.807, 2.05) is 6.92 Å². The van der Waals surface area contributed by atoms with Crippen LogP contribution in [0.15, 0.2) is 23.2 Å². The Morgan fingerprint density at radius 2 is 2.27 bits per heavy atom. The van der Waals surface area contributed by atoms with Crippen molar-refractivity contribution in [1.29, 1.82) is 0 Å². The smallest absolute Gasteiger partial charge is 0.172 e. The first-order valence-electron chi connectivity index (χ1n) is 4.63. The van der Waals surface area contributed by atoms with Gasteiger partial charge in [0, 0.05) is 6.54 Å². The van der Waals surface area contributed by atoms with Crippen LogP contribution in [0.1, 0.15) is 12.5 Å². The van der Waals surface area contributed by atoms with Gasteiger partial charge in [0.25, 0.3) is 0 Å². The van der Waals surface area contributed by atoms with E-state index in [4.69, 9.17) is 10.5 Å². The van der Waals surface area contributed by atoms with E-state index in [-0.39, 0.29) is 5.75 Å². The van der Waals surface area contributed by atoms with Crippen molar-refractivity contribution in [3.05, 3.63) is 28.7 Å². The molecule has 0 saturated carbocycles. The molecule has 0 amide bonds. The van der Waals surface area contributed by atoms with Gasteiger partial charge in [-0.1, -0.05) is 6.58 Å². The fraction of sp³-hybridized carbons (Fsp3) is 0.273. The third-order valence-corrected chi connectivity index (χ3v) is 2.59. The third-order valence-electron chi connectivity index (χ3n) is 1.98. The van der Waals surface area contributed by atoms with E-state index >= 15 is 0 Å². The summed E-state index contributed by atoms with van der Waals surface area (Å²) in [5.41, 5.74) is 7.17. The van der Waals surface area contributed by atoms with Gasteiger partial charge in [0.05, 0.1) is 11.1 Å². The summed E-state index contributed by atoms with van der Waals surface area (Å²) in [5.74, 6) is 0.543. The van der Waals surface area contributed by atoms with Gasteiger partial charge in [-0.05, 0) is 46.1 Å². The summed E-state index contributed by atoms with van der Waals surface area (Å²) in [5, 5.41) is 9.67. The van der Waals surface area contributed by atoms with Crippen LogP contribution in [0.5, 0.6) is 11.5 Å². The molecule has 0 unspecified atom stereocenters. The second kappa shape index (κ2) is 5.19. The summed E-state index contributed by atoms with van der Waals surface area (Å²) in [7, 11) is 0. The molecule has 82 valence electrons. The molecule has 0 fully saturated rings. The lowest BCUT2D eigenvalue weighted by Crippen LogP contribution is -2.02. The molecule has 3 nitrogen and oxygen atoms in total.